The first kappa shape index (κ1) is 50.3. The van der Waals surface area contributed by atoms with Crippen molar-refractivity contribution in [2.45, 2.75) is 0 Å². The van der Waals surface area contributed by atoms with Gasteiger partial charge in [-0.3, -0.25) is 0 Å². The quantitative estimate of drug-likeness (QED) is 0.225. The van der Waals surface area contributed by atoms with Crippen LogP contribution in [0.5, 0.6) is 0 Å². The van der Waals surface area contributed by atoms with Gasteiger partial charge in [0.15, 0.2) is 0 Å². The Balaban J connectivity index is -0.0000000225. The van der Waals surface area contributed by atoms with Crippen molar-refractivity contribution in [2.24, 2.45) is 0 Å². The van der Waals surface area contributed by atoms with Gasteiger partial charge in [-0.15, -0.1) is 0 Å². The molecule has 0 rings (SSSR count). The monoisotopic (exact) mass is 627 g/mol. The predicted molar refractivity (Wildman–Crippen MR) is 11.2 cm³/mol. The fourth-order valence-corrected chi connectivity index (χ4v) is 0. The van der Waals surface area contributed by atoms with Gasteiger partial charge in [-0.1, -0.05) is 0 Å². The van der Waals surface area contributed by atoms with E-state index in [2.05, 4.69) is 0 Å². The normalized spacial score (nSPS) is 9.67. The second-order valence-electron chi connectivity index (χ2n) is 1.51. The van der Waals surface area contributed by atoms with Crippen LogP contribution in [-0.4, -0.2) is 17.4 Å². The van der Waals surface area contributed by atoms with Crippen molar-refractivity contribution >= 4 is 17.4 Å². The van der Waals surface area contributed by atoms with Crippen LogP contribution in [0.1, 0.15) is 0 Å². The molecule has 0 atom stereocenters. The second-order valence-corrected chi connectivity index (χ2v) is 6.23. The Kier molecular flexibility index (Phi) is 45.2. The zero-order chi connectivity index (χ0) is 18.0. The van der Waals surface area contributed by atoms with Crippen LogP contribution < -0.4 is 52.4 Å². The number of hydrogen-bond acceptors (Lipinski definition) is 16. The van der Waals surface area contributed by atoms with E-state index in [0.29, 0.717) is 0 Å². The summed E-state index contributed by atoms with van der Waals surface area (Å²) >= 11 is -22.5. The molecule has 0 heterocycles. The fraction of sp³-hybridized carbons (Fsp3) is 0. The second kappa shape index (κ2) is 21.6. The van der Waals surface area contributed by atoms with Crippen molar-refractivity contribution in [3.63, 3.8) is 0 Å². The molecule has 1 radical (unpaired) electrons. The molecule has 0 bridgehead atoms. The van der Waals surface area contributed by atoms with Crippen molar-refractivity contribution in [1.82, 2.24) is 0 Å². The molecule has 24 heteroatoms. The van der Waals surface area contributed by atoms with Crippen molar-refractivity contribution in [1.29, 1.82) is 0 Å². The molecule has 0 amide bonds. The summed E-state index contributed by atoms with van der Waals surface area (Å²) in [5.41, 5.74) is 0. The minimum absolute atomic E-state index is 0. The summed E-state index contributed by atoms with van der Waals surface area (Å²) in [6.07, 6.45) is 0. The summed E-state index contributed by atoms with van der Waals surface area (Å²) in [6.45, 7) is 0. The van der Waals surface area contributed by atoms with Crippen LogP contribution in [-0.2, 0) is 117 Å². The van der Waals surface area contributed by atoms with Crippen LogP contribution in [0.3, 0.4) is 0 Å². The number of rotatable bonds is 0. The van der Waals surface area contributed by atoms with Crippen LogP contribution in [0, 0.1) is 0 Å². The van der Waals surface area contributed by atoms with E-state index in [-0.39, 0.29) is 69.5 Å². The third kappa shape index (κ3) is 2520. The molecule has 24 heavy (non-hydrogen) atoms. The van der Waals surface area contributed by atoms with Crippen LogP contribution in [0.2, 0.25) is 0 Å². The van der Waals surface area contributed by atoms with E-state index in [1.54, 1.807) is 0 Å². The average molecular weight is 627 g/mol. The van der Waals surface area contributed by atoms with E-state index in [4.69, 9.17) is 64.2 Å². The van der Waals surface area contributed by atoms with Crippen LogP contribution >= 0.6 is 0 Å². The SMILES string of the molecule is [Al+3].[Co+2].[Li+].[Ni+2].[O]=[Mn](=[O])([O-])[O-].[O]=[Mn](=[O])([O-])[O-].[O]=[Mn](=[O])([O-])[O-].[O]=[Mn](=[O])([O-])[O-]. The molecule has 0 fully saturated rings. The molecule has 0 aromatic carbocycles. The van der Waals surface area contributed by atoms with Crippen LogP contribution in [0.25, 0.3) is 0 Å². The topological polar surface area (TPSA) is 321 Å². The van der Waals surface area contributed by atoms with Gasteiger partial charge in [0.05, 0.1) is 0 Å². The zero-order valence-corrected chi connectivity index (χ0v) is 18.2. The Morgan fingerprint density at radius 3 is 0.417 bits per heavy atom. The Bertz CT molecular complexity index is 491. The first-order chi connectivity index (χ1) is 8.00. The van der Waals surface area contributed by atoms with Crippen LogP contribution in [0.4, 0.5) is 0 Å². The molecule has 16 nitrogen and oxygen atoms in total. The summed E-state index contributed by atoms with van der Waals surface area (Å²) in [5, 5.41) is 0. The van der Waals surface area contributed by atoms with Crippen molar-refractivity contribution in [3.8, 4) is 0 Å². The Labute approximate surface area is 185 Å². The van der Waals surface area contributed by atoms with Crippen molar-refractivity contribution in [2.75, 3.05) is 0 Å². The molecule has 0 aliphatic rings. The maximum atomic E-state index is 8.58. The summed E-state index contributed by atoms with van der Waals surface area (Å²) in [6, 6.07) is 0. The molecule has 147 valence electrons. The van der Waals surface area contributed by atoms with Gasteiger partial charge in [0.1, 0.15) is 0 Å². The van der Waals surface area contributed by atoms with Gasteiger partial charge in [-0.2, -0.15) is 0 Å². The summed E-state index contributed by atoms with van der Waals surface area (Å²) in [5.74, 6) is 0. The molecular weight excluding hydrogens is 627 g/mol. The third-order valence-electron chi connectivity index (χ3n) is 0. The van der Waals surface area contributed by atoms with Gasteiger partial charge in [-0.05, 0) is 0 Å². The molecular formula is AlCoLiMn4NiO16. The molecule has 0 saturated heterocycles. The predicted octanol–water partition coefficient (Wildman–Crippen LogP) is -13.9. The van der Waals surface area contributed by atoms with E-state index >= 15 is 0 Å². The van der Waals surface area contributed by atoms with Crippen molar-refractivity contribution < 1.29 is 170 Å². The standard InChI is InChI=1S/Al.Co.Li.4Mn.Ni.16O/q+3;+2;+1;;;;;+2;;;;;;;;;8*-1. The van der Waals surface area contributed by atoms with Gasteiger partial charge < -0.3 is 0 Å². The molecule has 0 unspecified atom stereocenters. The summed E-state index contributed by atoms with van der Waals surface area (Å²) in [4.78, 5) is 0. The summed E-state index contributed by atoms with van der Waals surface area (Å²) < 4.78 is 137. The first-order valence-corrected chi connectivity index (χ1v) is 10.2. The Morgan fingerprint density at radius 1 is 0.417 bits per heavy atom. The molecule has 0 spiro atoms. The van der Waals surface area contributed by atoms with E-state index in [1.165, 1.54) is 0 Å². The zero-order valence-electron chi connectivity index (χ0n) is 10.3. The van der Waals surface area contributed by atoms with Gasteiger partial charge >= 0.3 is 187 Å². The molecule has 0 aliphatic heterocycles. The van der Waals surface area contributed by atoms with Gasteiger partial charge in [0.2, 0.25) is 0 Å². The van der Waals surface area contributed by atoms with E-state index in [1.807, 2.05) is 0 Å². The number of hydrogen-bond donors (Lipinski definition) is 0. The van der Waals surface area contributed by atoms with Crippen molar-refractivity contribution in [3.05, 3.63) is 0 Å². The van der Waals surface area contributed by atoms with Gasteiger partial charge in [-0.25, -0.2) is 0 Å². The molecule has 0 saturated carbocycles. The molecule has 0 aliphatic carbocycles. The summed E-state index contributed by atoms with van der Waals surface area (Å²) in [7, 11) is 0. The van der Waals surface area contributed by atoms with Gasteiger partial charge in [0.25, 0.3) is 0 Å². The molecule has 0 N–H and O–H groups in total. The van der Waals surface area contributed by atoms with E-state index in [0.717, 1.165) is 0 Å². The third-order valence-corrected chi connectivity index (χ3v) is 0. The average Bonchev–Trinajstić information content (AvgIpc) is 1.62. The molecule has 0 aromatic heterocycles. The van der Waals surface area contributed by atoms with Crippen LogP contribution in [0.15, 0.2) is 0 Å². The van der Waals surface area contributed by atoms with E-state index < -0.39 is 53.5 Å². The van der Waals surface area contributed by atoms with E-state index in [9.17, 15) is 0 Å². The minimum atomic E-state index is -5.62. The molecule has 0 aromatic rings. The van der Waals surface area contributed by atoms with Gasteiger partial charge in [0, 0.05) is 0 Å². The first-order valence-electron chi connectivity index (χ1n) is 2.47. The Morgan fingerprint density at radius 2 is 0.417 bits per heavy atom. The fourth-order valence-electron chi connectivity index (χ4n) is 0. The maximum absolute atomic E-state index is 8.58. The Hall–Kier alpha value is 2.29.